The van der Waals surface area contributed by atoms with Crippen LogP contribution >= 0.6 is 24.0 Å². The molecule has 7 heteroatoms. The van der Waals surface area contributed by atoms with Crippen molar-refractivity contribution >= 4 is 29.9 Å². The van der Waals surface area contributed by atoms with Crippen molar-refractivity contribution in [1.29, 1.82) is 0 Å². The van der Waals surface area contributed by atoms with Gasteiger partial charge in [0.15, 0.2) is 5.96 Å². The normalized spacial score (nSPS) is 16.9. The van der Waals surface area contributed by atoms with Crippen LogP contribution in [0, 0.1) is 0 Å². The first-order valence-corrected chi connectivity index (χ1v) is 10.4. The van der Waals surface area contributed by atoms with Gasteiger partial charge < -0.3 is 10.2 Å². The van der Waals surface area contributed by atoms with E-state index < -0.39 is 0 Å². The van der Waals surface area contributed by atoms with Crippen LogP contribution in [0.25, 0.3) is 0 Å². The molecule has 0 saturated carbocycles. The smallest absolute Gasteiger partial charge is 0.193 e. The van der Waals surface area contributed by atoms with Gasteiger partial charge >= 0.3 is 0 Å². The second-order valence-electron chi connectivity index (χ2n) is 7.56. The third kappa shape index (κ3) is 6.44. The second kappa shape index (κ2) is 11.5. The van der Waals surface area contributed by atoms with Crippen LogP contribution in [0.3, 0.4) is 0 Å². The van der Waals surface area contributed by atoms with Crippen molar-refractivity contribution in [1.82, 2.24) is 24.9 Å². The fourth-order valence-electron chi connectivity index (χ4n) is 3.86. The number of halogens is 1. The number of likely N-dealkylation sites (tertiary alicyclic amines) is 1. The van der Waals surface area contributed by atoms with Crippen molar-refractivity contribution in [2.24, 2.45) is 12.0 Å². The van der Waals surface area contributed by atoms with Crippen LogP contribution in [0.5, 0.6) is 0 Å². The third-order valence-electron chi connectivity index (χ3n) is 5.67. The number of aliphatic imine (C=N–C) groups is 1. The zero-order chi connectivity index (χ0) is 19.9. The van der Waals surface area contributed by atoms with Crippen LogP contribution in [-0.4, -0.2) is 58.8 Å². The van der Waals surface area contributed by atoms with Gasteiger partial charge in [0.05, 0.1) is 6.20 Å². The molecule has 0 aliphatic carbocycles. The molecule has 6 nitrogen and oxygen atoms in total. The Bertz CT molecular complexity index is 766. The number of hydrogen-bond donors (Lipinski definition) is 1. The zero-order valence-corrected chi connectivity index (χ0v) is 20.5. The molecule has 2 heterocycles. The zero-order valence-electron chi connectivity index (χ0n) is 18.1. The van der Waals surface area contributed by atoms with Crippen molar-refractivity contribution in [3.05, 3.63) is 53.3 Å². The third-order valence-corrected chi connectivity index (χ3v) is 5.67. The summed E-state index contributed by atoms with van der Waals surface area (Å²) in [4.78, 5) is 9.29. The molecule has 2 aromatic rings. The summed E-state index contributed by atoms with van der Waals surface area (Å²) in [6.07, 6.45) is 5.26. The van der Waals surface area contributed by atoms with Gasteiger partial charge in [-0.15, -0.1) is 24.0 Å². The molecule has 1 fully saturated rings. The summed E-state index contributed by atoms with van der Waals surface area (Å²) >= 11 is 0. The van der Waals surface area contributed by atoms with Crippen molar-refractivity contribution in [2.75, 3.05) is 33.2 Å². The molecule has 1 N–H and O–H groups in total. The van der Waals surface area contributed by atoms with Crippen molar-refractivity contribution in [3.8, 4) is 0 Å². The monoisotopic (exact) mass is 510 g/mol. The number of guanidine groups is 1. The fourth-order valence-corrected chi connectivity index (χ4v) is 3.86. The molecule has 0 bridgehead atoms. The van der Waals surface area contributed by atoms with Crippen LogP contribution in [0.1, 0.15) is 42.9 Å². The molecule has 29 heavy (non-hydrogen) atoms. The summed E-state index contributed by atoms with van der Waals surface area (Å²) < 4.78 is 1.88. The van der Waals surface area contributed by atoms with E-state index in [9.17, 15) is 0 Å². The molecule has 1 unspecified atom stereocenters. The number of rotatable bonds is 7. The Hall–Kier alpha value is -1.61. The Balaban J connectivity index is 0.00000300. The number of benzene rings is 1. The maximum atomic E-state index is 4.50. The first-order chi connectivity index (χ1) is 13.6. The number of nitrogens with one attached hydrogen (secondary N) is 1. The van der Waals surface area contributed by atoms with Crippen molar-refractivity contribution < 1.29 is 0 Å². The van der Waals surface area contributed by atoms with E-state index >= 15 is 0 Å². The van der Waals surface area contributed by atoms with Crippen LogP contribution < -0.4 is 5.32 Å². The summed E-state index contributed by atoms with van der Waals surface area (Å²) in [5.74, 6) is 1.52. The Kier molecular flexibility index (Phi) is 9.42. The van der Waals surface area contributed by atoms with Gasteiger partial charge in [-0.05, 0) is 36.2 Å². The highest BCUT2D eigenvalue weighted by Gasteiger charge is 2.26. The lowest BCUT2D eigenvalue weighted by Gasteiger charge is -2.22. The van der Waals surface area contributed by atoms with Crippen LogP contribution in [0.15, 0.2) is 41.7 Å². The average Bonchev–Trinajstić information content (AvgIpc) is 3.37. The first-order valence-electron chi connectivity index (χ1n) is 10.4. The van der Waals surface area contributed by atoms with Gasteiger partial charge in [-0.1, -0.05) is 38.1 Å². The van der Waals surface area contributed by atoms with Gasteiger partial charge in [0.1, 0.15) is 0 Å². The van der Waals surface area contributed by atoms with Crippen LogP contribution in [-0.2, 0) is 20.1 Å². The van der Waals surface area contributed by atoms with Gasteiger partial charge in [-0.2, -0.15) is 5.10 Å². The van der Waals surface area contributed by atoms with Crippen LogP contribution in [0.4, 0.5) is 0 Å². The molecule has 160 valence electrons. The molecule has 0 spiro atoms. The van der Waals surface area contributed by atoms with E-state index in [2.05, 4.69) is 69.5 Å². The summed E-state index contributed by atoms with van der Waals surface area (Å²) in [5.41, 5.74) is 3.98. The molecule has 1 aliphatic heterocycles. The molecule has 0 radical (unpaired) electrons. The molecule has 1 aromatic carbocycles. The van der Waals surface area contributed by atoms with Crippen LogP contribution in [0.2, 0.25) is 0 Å². The standard InChI is InChI=1S/C22H34N6.HI/c1-5-27(6-2)15-19-9-7-18(8-10-19)13-24-22(23-3)28-12-11-20(17-28)21-14-25-26(4)16-21;/h7-10,14,16,20H,5-6,11-13,15,17H2,1-4H3,(H,23,24);1H. The average molecular weight is 510 g/mol. The Morgan fingerprint density at radius 1 is 1.21 bits per heavy atom. The van der Waals surface area contributed by atoms with Gasteiger partial charge in [-0.3, -0.25) is 14.6 Å². The number of aromatic nitrogens is 2. The van der Waals surface area contributed by atoms with Gasteiger partial charge in [0, 0.05) is 52.4 Å². The predicted molar refractivity (Wildman–Crippen MR) is 131 cm³/mol. The van der Waals surface area contributed by atoms with E-state index in [1.807, 2.05) is 25.0 Å². The molecule has 1 aromatic heterocycles. The fraction of sp³-hybridized carbons (Fsp3) is 0.545. The van der Waals surface area contributed by atoms with E-state index in [-0.39, 0.29) is 24.0 Å². The van der Waals surface area contributed by atoms with E-state index in [1.54, 1.807) is 0 Å². The lowest BCUT2D eigenvalue weighted by molar-refractivity contribution is 0.296. The maximum Gasteiger partial charge on any atom is 0.193 e. The molecule has 1 saturated heterocycles. The molecule has 3 rings (SSSR count). The maximum absolute atomic E-state index is 4.50. The molecule has 1 atom stereocenters. The van der Waals surface area contributed by atoms with Gasteiger partial charge in [0.2, 0.25) is 0 Å². The Morgan fingerprint density at radius 2 is 1.90 bits per heavy atom. The number of nitrogens with zero attached hydrogens (tertiary/aromatic N) is 5. The van der Waals surface area contributed by atoms with E-state index in [1.165, 1.54) is 16.7 Å². The quantitative estimate of drug-likeness (QED) is 0.352. The van der Waals surface area contributed by atoms with Crippen molar-refractivity contribution in [3.63, 3.8) is 0 Å². The number of aryl methyl sites for hydroxylation is 1. The largest absolute Gasteiger partial charge is 0.352 e. The molecule has 0 amide bonds. The Morgan fingerprint density at radius 3 is 2.48 bits per heavy atom. The lowest BCUT2D eigenvalue weighted by atomic mass is 10.0. The summed E-state index contributed by atoms with van der Waals surface area (Å²) in [6, 6.07) is 8.93. The van der Waals surface area contributed by atoms with E-state index in [4.69, 9.17) is 0 Å². The SMILES string of the molecule is CCN(CC)Cc1ccc(CNC(=NC)N2CCC(c3cnn(C)c3)C2)cc1.I. The molecular formula is C22H35IN6. The first kappa shape index (κ1) is 23.7. The van der Waals surface area contributed by atoms with Crippen molar-refractivity contribution in [2.45, 2.75) is 39.3 Å². The van der Waals surface area contributed by atoms with Gasteiger partial charge in [0.25, 0.3) is 0 Å². The van der Waals surface area contributed by atoms with E-state index in [0.29, 0.717) is 5.92 Å². The highest BCUT2D eigenvalue weighted by atomic mass is 127. The van der Waals surface area contributed by atoms with Gasteiger partial charge in [-0.25, -0.2) is 0 Å². The minimum absolute atomic E-state index is 0. The highest BCUT2D eigenvalue weighted by molar-refractivity contribution is 14.0. The summed E-state index contributed by atoms with van der Waals surface area (Å²) in [6.45, 7) is 10.4. The summed E-state index contributed by atoms with van der Waals surface area (Å²) in [7, 11) is 3.84. The molecular weight excluding hydrogens is 475 g/mol. The highest BCUT2D eigenvalue weighted by Crippen LogP contribution is 2.26. The Labute approximate surface area is 192 Å². The number of hydrogen-bond acceptors (Lipinski definition) is 3. The summed E-state index contributed by atoms with van der Waals surface area (Å²) in [5, 5.41) is 7.84. The second-order valence-corrected chi connectivity index (χ2v) is 7.56. The minimum Gasteiger partial charge on any atom is -0.352 e. The molecule has 1 aliphatic rings. The predicted octanol–water partition coefficient (Wildman–Crippen LogP) is 3.44. The topological polar surface area (TPSA) is 48.7 Å². The minimum atomic E-state index is 0. The van der Waals surface area contributed by atoms with E-state index in [0.717, 1.165) is 51.6 Å². The lowest BCUT2D eigenvalue weighted by Crippen LogP contribution is -2.39.